The maximum Gasteiger partial charge on any atom is 0.138 e. The van der Waals surface area contributed by atoms with Crippen molar-refractivity contribution in [3.8, 4) is 35.8 Å². The second-order valence-corrected chi connectivity index (χ2v) is 6.59. The monoisotopic (exact) mass is 384 g/mol. The summed E-state index contributed by atoms with van der Waals surface area (Å²) >= 11 is 0. The van der Waals surface area contributed by atoms with E-state index in [4.69, 9.17) is 9.47 Å². The van der Waals surface area contributed by atoms with Crippen molar-refractivity contribution in [2.24, 2.45) is 5.41 Å². The van der Waals surface area contributed by atoms with Crippen molar-refractivity contribution in [1.29, 1.82) is 21.0 Å². The molecule has 0 spiro atoms. The van der Waals surface area contributed by atoms with Gasteiger partial charge >= 0.3 is 0 Å². The van der Waals surface area contributed by atoms with Gasteiger partial charge in [0.1, 0.15) is 46.9 Å². The van der Waals surface area contributed by atoms with Gasteiger partial charge in [0.25, 0.3) is 0 Å². The van der Waals surface area contributed by atoms with Gasteiger partial charge < -0.3 is 9.47 Å². The van der Waals surface area contributed by atoms with Crippen LogP contribution in [0.3, 0.4) is 0 Å². The number of ether oxygens (including phenoxy) is 2. The number of rotatable bonds is 8. The van der Waals surface area contributed by atoms with Crippen LogP contribution in [-0.2, 0) is 0 Å². The third-order valence-electron chi connectivity index (χ3n) is 5.08. The molecule has 0 aliphatic rings. The summed E-state index contributed by atoms with van der Waals surface area (Å²) in [6.45, 7) is 4.60. The van der Waals surface area contributed by atoms with Gasteiger partial charge in [-0.15, -0.1) is 0 Å². The van der Waals surface area contributed by atoms with Crippen LogP contribution >= 0.6 is 0 Å². The normalized spacial score (nSPS) is 10.1. The van der Waals surface area contributed by atoms with E-state index in [1.807, 2.05) is 38.1 Å². The molecule has 29 heavy (non-hydrogen) atoms. The van der Waals surface area contributed by atoms with Gasteiger partial charge in [0.05, 0.1) is 24.3 Å². The molecule has 0 unspecified atom stereocenters. The van der Waals surface area contributed by atoms with Gasteiger partial charge in [0.15, 0.2) is 0 Å². The zero-order chi connectivity index (χ0) is 21.3. The zero-order valence-electron chi connectivity index (χ0n) is 16.4. The molecule has 2 aromatic rings. The maximum absolute atomic E-state index is 9.37. The van der Waals surface area contributed by atoms with Crippen molar-refractivity contribution in [3.05, 3.63) is 58.7 Å². The first-order chi connectivity index (χ1) is 14.1. The molecular weight excluding hydrogens is 364 g/mol. The molecule has 2 aromatic carbocycles. The van der Waals surface area contributed by atoms with E-state index in [-0.39, 0.29) is 40.9 Å². The predicted octanol–water partition coefficient (Wildman–Crippen LogP) is 4.44. The Balaban J connectivity index is 2.22. The van der Waals surface area contributed by atoms with Crippen molar-refractivity contribution < 1.29 is 9.47 Å². The average molecular weight is 384 g/mol. The summed E-state index contributed by atoms with van der Waals surface area (Å²) < 4.78 is 11.9. The third kappa shape index (κ3) is 4.65. The molecule has 0 saturated carbocycles. The van der Waals surface area contributed by atoms with Crippen LogP contribution in [0.25, 0.3) is 0 Å². The molecule has 2 rings (SSSR count). The largest absolute Gasteiger partial charge is 0.491 e. The van der Waals surface area contributed by atoms with Crippen molar-refractivity contribution in [3.63, 3.8) is 0 Å². The van der Waals surface area contributed by atoms with Crippen molar-refractivity contribution in [2.45, 2.75) is 26.7 Å². The van der Waals surface area contributed by atoms with Gasteiger partial charge in [-0.25, -0.2) is 0 Å². The van der Waals surface area contributed by atoms with E-state index in [1.165, 1.54) is 0 Å². The minimum atomic E-state index is -0.370. The Labute approximate surface area is 170 Å². The molecule has 0 amide bonds. The fourth-order valence-electron chi connectivity index (χ4n) is 2.88. The predicted molar refractivity (Wildman–Crippen MR) is 106 cm³/mol. The summed E-state index contributed by atoms with van der Waals surface area (Å²) in [7, 11) is 0. The van der Waals surface area contributed by atoms with E-state index in [0.29, 0.717) is 11.5 Å². The van der Waals surface area contributed by atoms with Crippen LogP contribution in [-0.4, -0.2) is 13.2 Å². The van der Waals surface area contributed by atoms with E-state index in [9.17, 15) is 21.0 Å². The Bertz CT molecular complexity index is 963. The molecule has 0 aliphatic carbocycles. The van der Waals surface area contributed by atoms with E-state index in [2.05, 4.69) is 0 Å². The standard InChI is InChI=1S/C23H20N4O2/c1-3-23(4-2,15-28-21-9-5-7-17(11-24)19(21)13-26)16-29-22-10-6-8-18(12-25)20(22)14-27/h5-10H,3-4,15-16H2,1-2H3. The Hall–Kier alpha value is -4.00. The summed E-state index contributed by atoms with van der Waals surface area (Å²) in [6, 6.07) is 17.9. The number of hydrogen-bond donors (Lipinski definition) is 0. The first-order valence-electron chi connectivity index (χ1n) is 9.20. The molecule has 0 aromatic heterocycles. The lowest BCUT2D eigenvalue weighted by Gasteiger charge is -2.31. The molecule has 0 bridgehead atoms. The van der Waals surface area contributed by atoms with Crippen LogP contribution in [0.1, 0.15) is 48.9 Å². The Morgan fingerprint density at radius 1 is 0.690 bits per heavy atom. The van der Waals surface area contributed by atoms with Crippen LogP contribution in [0.5, 0.6) is 11.5 Å². The molecule has 0 fully saturated rings. The fraction of sp³-hybridized carbons (Fsp3) is 0.304. The van der Waals surface area contributed by atoms with Crippen molar-refractivity contribution in [1.82, 2.24) is 0 Å². The van der Waals surface area contributed by atoms with Gasteiger partial charge in [-0.1, -0.05) is 26.0 Å². The van der Waals surface area contributed by atoms with Crippen LogP contribution < -0.4 is 9.47 Å². The number of hydrogen-bond acceptors (Lipinski definition) is 6. The molecule has 0 aliphatic heterocycles. The van der Waals surface area contributed by atoms with E-state index >= 15 is 0 Å². The first kappa shape index (κ1) is 21.3. The highest BCUT2D eigenvalue weighted by Gasteiger charge is 2.29. The summed E-state index contributed by atoms with van der Waals surface area (Å²) in [4.78, 5) is 0. The molecule has 6 heteroatoms. The summed E-state index contributed by atoms with van der Waals surface area (Å²) in [5, 5.41) is 37.1. The van der Waals surface area contributed by atoms with Gasteiger partial charge in [-0.3, -0.25) is 0 Å². The molecule has 0 heterocycles. The van der Waals surface area contributed by atoms with Crippen molar-refractivity contribution >= 4 is 0 Å². The first-order valence-corrected chi connectivity index (χ1v) is 9.20. The number of nitrogens with zero attached hydrogens (tertiary/aromatic N) is 4. The fourth-order valence-corrected chi connectivity index (χ4v) is 2.88. The van der Waals surface area contributed by atoms with Crippen molar-refractivity contribution in [2.75, 3.05) is 13.2 Å². The maximum atomic E-state index is 9.37. The quantitative estimate of drug-likeness (QED) is 0.665. The highest BCUT2D eigenvalue weighted by molar-refractivity contribution is 5.54. The minimum Gasteiger partial charge on any atom is -0.491 e. The molecule has 6 nitrogen and oxygen atoms in total. The molecule has 144 valence electrons. The van der Waals surface area contributed by atoms with Gasteiger partial charge in [0.2, 0.25) is 0 Å². The SMILES string of the molecule is CCC(CC)(COc1cccc(C#N)c1C#N)COc1cccc(C#N)c1C#N. The smallest absolute Gasteiger partial charge is 0.138 e. The molecule has 0 atom stereocenters. The Morgan fingerprint density at radius 2 is 1.10 bits per heavy atom. The van der Waals surface area contributed by atoms with E-state index < -0.39 is 0 Å². The van der Waals surface area contributed by atoms with Crippen LogP contribution in [0.2, 0.25) is 0 Å². The summed E-state index contributed by atoms with van der Waals surface area (Å²) in [5.41, 5.74) is 0.597. The van der Waals surface area contributed by atoms with Gasteiger partial charge in [-0.2, -0.15) is 21.0 Å². The van der Waals surface area contributed by atoms with E-state index in [1.54, 1.807) is 36.4 Å². The zero-order valence-corrected chi connectivity index (χ0v) is 16.4. The van der Waals surface area contributed by atoms with E-state index in [0.717, 1.165) is 12.8 Å². The highest BCUT2D eigenvalue weighted by atomic mass is 16.5. The highest BCUT2D eigenvalue weighted by Crippen LogP contribution is 2.32. The van der Waals surface area contributed by atoms with Gasteiger partial charge in [-0.05, 0) is 37.1 Å². The lowest BCUT2D eigenvalue weighted by atomic mass is 9.84. The number of nitriles is 4. The third-order valence-corrected chi connectivity index (χ3v) is 5.08. The van der Waals surface area contributed by atoms with Gasteiger partial charge in [0, 0.05) is 5.41 Å². The molecule has 0 N–H and O–H groups in total. The molecular formula is C23H20N4O2. The topological polar surface area (TPSA) is 114 Å². The molecule has 0 radical (unpaired) electrons. The van der Waals surface area contributed by atoms with Crippen LogP contribution in [0, 0.1) is 50.7 Å². The number of benzene rings is 2. The second kappa shape index (κ2) is 9.80. The Morgan fingerprint density at radius 3 is 1.41 bits per heavy atom. The lowest BCUT2D eigenvalue weighted by Crippen LogP contribution is -2.34. The van der Waals surface area contributed by atoms with Crippen LogP contribution in [0.4, 0.5) is 0 Å². The average Bonchev–Trinajstić information content (AvgIpc) is 2.78. The minimum absolute atomic E-state index is 0.213. The molecule has 0 saturated heterocycles. The summed E-state index contributed by atoms with van der Waals surface area (Å²) in [5.74, 6) is 0.726. The lowest BCUT2D eigenvalue weighted by molar-refractivity contribution is 0.0702. The Kier molecular flexibility index (Phi) is 7.20. The van der Waals surface area contributed by atoms with Crippen LogP contribution in [0.15, 0.2) is 36.4 Å². The summed E-state index contributed by atoms with van der Waals surface area (Å²) in [6.07, 6.45) is 1.48. The second-order valence-electron chi connectivity index (χ2n) is 6.59.